The third kappa shape index (κ3) is 2.15. The fourth-order valence-corrected chi connectivity index (χ4v) is 3.84. The molecular weight excluding hydrogens is 349 g/mol. The Morgan fingerprint density at radius 1 is 0.852 bits per heavy atom. The first kappa shape index (κ1) is 15.5. The molecule has 1 aliphatic heterocycles. The van der Waals surface area contributed by atoms with Crippen molar-refractivity contribution >= 4 is 17.3 Å². The number of halogens is 1. The van der Waals surface area contributed by atoms with E-state index in [1.54, 1.807) is 30.3 Å². The molecule has 0 fully saturated rings. The van der Waals surface area contributed by atoms with E-state index in [1.807, 2.05) is 6.07 Å². The molecule has 0 radical (unpaired) electrons. The summed E-state index contributed by atoms with van der Waals surface area (Å²) >= 11 is 0. The summed E-state index contributed by atoms with van der Waals surface area (Å²) < 4.78 is 13.4. The molecule has 0 bridgehead atoms. The number of anilines is 1. The van der Waals surface area contributed by atoms with Gasteiger partial charge in [0.1, 0.15) is 11.6 Å². The number of carbonyl (C=O) groups excluding carboxylic acids is 1. The van der Waals surface area contributed by atoms with Crippen LogP contribution in [0.4, 0.5) is 10.2 Å². The van der Waals surface area contributed by atoms with E-state index < -0.39 is 23.0 Å². The van der Waals surface area contributed by atoms with Crippen molar-refractivity contribution in [1.82, 2.24) is 9.97 Å². The Hall–Kier alpha value is -3.74. The highest BCUT2D eigenvalue weighted by atomic mass is 19.1. The molecule has 1 atom stereocenters. The van der Waals surface area contributed by atoms with Crippen LogP contribution in [-0.2, 0) is 0 Å². The minimum Gasteiger partial charge on any atom is -0.340 e. The van der Waals surface area contributed by atoms with Crippen molar-refractivity contribution in [2.24, 2.45) is 0 Å². The lowest BCUT2D eigenvalue weighted by Crippen LogP contribution is -2.33. The van der Waals surface area contributed by atoms with Gasteiger partial charge in [-0.1, -0.05) is 36.4 Å². The number of aromatic amines is 2. The van der Waals surface area contributed by atoms with Gasteiger partial charge in [-0.05, 0) is 17.7 Å². The quantitative estimate of drug-likeness (QED) is 0.620. The Balaban J connectivity index is 1.84. The third-order valence-corrected chi connectivity index (χ3v) is 4.97. The summed E-state index contributed by atoms with van der Waals surface area (Å²) in [5.74, 6) is -1.10. The fourth-order valence-electron chi connectivity index (χ4n) is 3.84. The van der Waals surface area contributed by atoms with Gasteiger partial charge < -0.3 is 5.32 Å². The van der Waals surface area contributed by atoms with E-state index >= 15 is 0 Å². The second-order valence-electron chi connectivity index (χ2n) is 6.47. The lowest BCUT2D eigenvalue weighted by molar-refractivity contribution is 0.103. The second kappa shape index (κ2) is 5.38. The van der Waals surface area contributed by atoms with Gasteiger partial charge in [0, 0.05) is 22.6 Å². The SMILES string of the molecule is O=C1C2=C(Nc3[nH]c(=O)[nH]c(=O)c3[C@H]2c2ccc(F)cc2)c2ccccc21. The van der Waals surface area contributed by atoms with Crippen LogP contribution < -0.4 is 16.6 Å². The summed E-state index contributed by atoms with van der Waals surface area (Å²) in [6.07, 6.45) is 0. The largest absolute Gasteiger partial charge is 0.340 e. The van der Waals surface area contributed by atoms with Gasteiger partial charge in [-0.2, -0.15) is 0 Å². The number of carbonyl (C=O) groups is 1. The lowest BCUT2D eigenvalue weighted by atomic mass is 9.82. The molecule has 0 amide bonds. The summed E-state index contributed by atoms with van der Waals surface area (Å²) in [4.78, 5) is 42.3. The monoisotopic (exact) mass is 361 g/mol. The molecule has 3 N–H and O–H groups in total. The van der Waals surface area contributed by atoms with Crippen LogP contribution in [0.5, 0.6) is 0 Å². The highest BCUT2D eigenvalue weighted by Crippen LogP contribution is 2.47. The summed E-state index contributed by atoms with van der Waals surface area (Å²) in [5.41, 5.74) is 1.76. The molecule has 0 unspecified atom stereocenters. The van der Waals surface area contributed by atoms with E-state index in [4.69, 9.17) is 0 Å². The van der Waals surface area contributed by atoms with Crippen molar-refractivity contribution in [2.75, 3.05) is 5.32 Å². The van der Waals surface area contributed by atoms with Crippen molar-refractivity contribution in [1.29, 1.82) is 0 Å². The number of aromatic nitrogens is 2. The minimum absolute atomic E-state index is 0.196. The van der Waals surface area contributed by atoms with Gasteiger partial charge in [0.15, 0.2) is 5.78 Å². The molecule has 0 spiro atoms. The Labute approximate surface area is 151 Å². The van der Waals surface area contributed by atoms with Crippen LogP contribution in [0.1, 0.15) is 33.0 Å². The minimum atomic E-state index is -0.725. The van der Waals surface area contributed by atoms with Gasteiger partial charge >= 0.3 is 5.69 Å². The molecule has 0 saturated heterocycles. The normalized spacial score (nSPS) is 17.2. The third-order valence-electron chi connectivity index (χ3n) is 4.97. The Kier molecular flexibility index (Phi) is 3.09. The first-order chi connectivity index (χ1) is 13.0. The number of allylic oxidation sites excluding steroid dienone is 1. The number of fused-ring (bicyclic) bond motifs is 3. The van der Waals surface area contributed by atoms with E-state index in [0.717, 1.165) is 0 Å². The standard InChI is InChI=1S/C20H12FN3O3/c21-10-7-5-9(6-8-10)13-14-16(11-3-1-2-4-12(11)17(14)25)22-18-15(13)19(26)24-20(27)23-18/h1-8,13H,(H3,22,23,24,26,27)/t13-/m0/s1. The Bertz CT molecular complexity index is 1270. The molecule has 2 heterocycles. The fraction of sp³-hybridized carbons (Fsp3) is 0.0500. The average molecular weight is 361 g/mol. The molecule has 2 aromatic carbocycles. The summed E-state index contributed by atoms with van der Waals surface area (Å²) in [6.45, 7) is 0. The molecule has 7 heteroatoms. The van der Waals surface area contributed by atoms with Crippen LogP contribution in [0.3, 0.4) is 0 Å². The van der Waals surface area contributed by atoms with Crippen LogP contribution in [0.25, 0.3) is 5.70 Å². The molecule has 132 valence electrons. The molecule has 27 heavy (non-hydrogen) atoms. The number of benzene rings is 2. The van der Waals surface area contributed by atoms with E-state index in [0.29, 0.717) is 28.0 Å². The van der Waals surface area contributed by atoms with Gasteiger partial charge in [-0.25, -0.2) is 9.18 Å². The van der Waals surface area contributed by atoms with Crippen molar-refractivity contribution in [3.8, 4) is 0 Å². The van der Waals surface area contributed by atoms with E-state index in [1.165, 1.54) is 12.1 Å². The van der Waals surface area contributed by atoms with Crippen molar-refractivity contribution in [3.05, 3.63) is 103 Å². The molecular formula is C20H12FN3O3. The van der Waals surface area contributed by atoms with Crippen LogP contribution >= 0.6 is 0 Å². The summed E-state index contributed by atoms with van der Waals surface area (Å²) in [5, 5.41) is 3.05. The molecule has 5 rings (SSSR count). The molecule has 1 aliphatic carbocycles. The van der Waals surface area contributed by atoms with Crippen LogP contribution in [0.2, 0.25) is 0 Å². The number of ketones is 1. The predicted molar refractivity (Wildman–Crippen MR) is 97.2 cm³/mol. The maximum absolute atomic E-state index is 13.4. The van der Waals surface area contributed by atoms with Crippen molar-refractivity contribution in [3.63, 3.8) is 0 Å². The average Bonchev–Trinajstić information content (AvgIpc) is 2.93. The number of nitrogens with one attached hydrogen (secondary N) is 3. The van der Waals surface area contributed by atoms with Gasteiger partial charge in [0.2, 0.25) is 0 Å². The molecule has 6 nitrogen and oxygen atoms in total. The van der Waals surface area contributed by atoms with Crippen molar-refractivity contribution < 1.29 is 9.18 Å². The zero-order valence-corrected chi connectivity index (χ0v) is 13.8. The summed E-state index contributed by atoms with van der Waals surface area (Å²) in [6, 6.07) is 12.8. The zero-order chi connectivity index (χ0) is 18.7. The first-order valence-corrected chi connectivity index (χ1v) is 8.32. The number of hydrogen-bond donors (Lipinski definition) is 3. The van der Waals surface area contributed by atoms with E-state index in [9.17, 15) is 18.8 Å². The first-order valence-electron chi connectivity index (χ1n) is 8.32. The molecule has 2 aliphatic rings. The van der Waals surface area contributed by atoms with Crippen LogP contribution in [0.15, 0.2) is 63.7 Å². The van der Waals surface area contributed by atoms with Gasteiger partial charge in [-0.15, -0.1) is 0 Å². The zero-order valence-electron chi connectivity index (χ0n) is 13.8. The van der Waals surface area contributed by atoms with E-state index in [2.05, 4.69) is 15.3 Å². The van der Waals surface area contributed by atoms with Gasteiger partial charge in [0.05, 0.1) is 11.3 Å². The highest BCUT2D eigenvalue weighted by molar-refractivity contribution is 6.23. The number of rotatable bonds is 1. The second-order valence-corrected chi connectivity index (χ2v) is 6.47. The topological polar surface area (TPSA) is 94.8 Å². The summed E-state index contributed by atoms with van der Waals surface area (Å²) in [7, 11) is 0. The van der Waals surface area contributed by atoms with Crippen LogP contribution in [0, 0.1) is 5.82 Å². The maximum atomic E-state index is 13.4. The smallest absolute Gasteiger partial charge is 0.327 e. The molecule has 0 saturated carbocycles. The van der Waals surface area contributed by atoms with Gasteiger partial charge in [-0.3, -0.25) is 19.6 Å². The highest BCUT2D eigenvalue weighted by Gasteiger charge is 2.41. The van der Waals surface area contributed by atoms with Gasteiger partial charge in [0.25, 0.3) is 5.56 Å². The molecule has 3 aromatic rings. The number of Topliss-reactive ketones (excluding diaryl/α,β-unsaturated/α-hetero) is 1. The predicted octanol–water partition coefficient (Wildman–Crippen LogP) is 2.37. The number of H-pyrrole nitrogens is 2. The van der Waals surface area contributed by atoms with E-state index in [-0.39, 0.29) is 17.2 Å². The van der Waals surface area contributed by atoms with Crippen molar-refractivity contribution in [2.45, 2.75) is 5.92 Å². The maximum Gasteiger partial charge on any atom is 0.327 e. The number of hydrogen-bond acceptors (Lipinski definition) is 4. The Morgan fingerprint density at radius 3 is 2.30 bits per heavy atom. The van der Waals surface area contributed by atoms with Crippen LogP contribution in [-0.4, -0.2) is 15.8 Å². The molecule has 1 aromatic heterocycles. The lowest BCUT2D eigenvalue weighted by Gasteiger charge is -2.27. The Morgan fingerprint density at radius 2 is 1.56 bits per heavy atom.